The van der Waals surface area contributed by atoms with Crippen LogP contribution in [0.4, 0.5) is 0 Å². The Morgan fingerprint density at radius 2 is 2.40 bits per heavy atom. The second-order valence-electron chi connectivity index (χ2n) is 3.96. The number of nitrogens with one attached hydrogen (secondary N) is 2. The molecule has 1 saturated heterocycles. The van der Waals surface area contributed by atoms with Crippen molar-refractivity contribution in [2.24, 2.45) is 5.92 Å². The molecule has 1 aliphatic rings. The second kappa shape index (κ2) is 5.30. The molecular weight excluding hydrogens is 192 g/mol. The molecule has 0 bridgehead atoms. The zero-order valence-electron chi connectivity index (χ0n) is 9.03. The summed E-state index contributed by atoms with van der Waals surface area (Å²) in [6.07, 6.45) is 3.47. The molecule has 0 spiro atoms. The summed E-state index contributed by atoms with van der Waals surface area (Å²) in [6.45, 7) is 3.53. The third-order valence-corrected chi connectivity index (χ3v) is 2.88. The summed E-state index contributed by atoms with van der Waals surface area (Å²) in [5.41, 5.74) is 1.19. The van der Waals surface area contributed by atoms with Gasteiger partial charge >= 0.3 is 0 Å². The summed E-state index contributed by atoms with van der Waals surface area (Å²) in [7, 11) is 1.99. The Labute approximate surface area is 90.0 Å². The SMILES string of the molecule is CNC1COCC1CNCc1ccoc1. The van der Waals surface area contributed by atoms with E-state index < -0.39 is 0 Å². The molecule has 4 heteroatoms. The summed E-state index contributed by atoms with van der Waals surface area (Å²) in [5.74, 6) is 0.571. The topological polar surface area (TPSA) is 46.4 Å². The number of hydrogen-bond acceptors (Lipinski definition) is 4. The monoisotopic (exact) mass is 210 g/mol. The van der Waals surface area contributed by atoms with Gasteiger partial charge < -0.3 is 19.8 Å². The van der Waals surface area contributed by atoms with E-state index in [0.29, 0.717) is 12.0 Å². The Bertz CT molecular complexity index is 274. The number of hydrogen-bond donors (Lipinski definition) is 2. The van der Waals surface area contributed by atoms with Crippen molar-refractivity contribution in [1.29, 1.82) is 0 Å². The first-order chi connectivity index (χ1) is 7.40. The van der Waals surface area contributed by atoms with Crippen LogP contribution in [0.25, 0.3) is 0 Å². The zero-order chi connectivity index (χ0) is 10.5. The molecule has 1 aliphatic heterocycles. The Kier molecular flexibility index (Phi) is 3.77. The van der Waals surface area contributed by atoms with Gasteiger partial charge in [-0.05, 0) is 13.1 Å². The molecule has 2 rings (SSSR count). The quantitative estimate of drug-likeness (QED) is 0.747. The van der Waals surface area contributed by atoms with Crippen LogP contribution >= 0.6 is 0 Å². The highest BCUT2D eigenvalue weighted by atomic mass is 16.5. The van der Waals surface area contributed by atoms with Gasteiger partial charge in [0.1, 0.15) is 0 Å². The maximum atomic E-state index is 5.43. The lowest BCUT2D eigenvalue weighted by Crippen LogP contribution is -2.38. The highest BCUT2D eigenvalue weighted by Gasteiger charge is 2.25. The van der Waals surface area contributed by atoms with E-state index in [-0.39, 0.29) is 0 Å². The van der Waals surface area contributed by atoms with Crippen molar-refractivity contribution in [2.75, 3.05) is 26.8 Å². The van der Waals surface area contributed by atoms with Crippen molar-refractivity contribution in [3.8, 4) is 0 Å². The molecule has 0 amide bonds. The molecule has 2 unspecified atom stereocenters. The first-order valence-electron chi connectivity index (χ1n) is 5.37. The van der Waals surface area contributed by atoms with Crippen LogP contribution in [0, 0.1) is 5.92 Å². The van der Waals surface area contributed by atoms with E-state index >= 15 is 0 Å². The van der Waals surface area contributed by atoms with Gasteiger partial charge in [-0.15, -0.1) is 0 Å². The van der Waals surface area contributed by atoms with Crippen LogP contribution in [0.5, 0.6) is 0 Å². The fraction of sp³-hybridized carbons (Fsp3) is 0.636. The Morgan fingerprint density at radius 1 is 1.47 bits per heavy atom. The predicted octanol–water partition coefficient (Wildman–Crippen LogP) is 0.604. The normalized spacial score (nSPS) is 25.9. The zero-order valence-corrected chi connectivity index (χ0v) is 9.03. The van der Waals surface area contributed by atoms with Crippen molar-refractivity contribution in [2.45, 2.75) is 12.6 Å². The van der Waals surface area contributed by atoms with Gasteiger partial charge in [0.15, 0.2) is 0 Å². The molecule has 84 valence electrons. The number of likely N-dealkylation sites (N-methyl/N-ethyl adjacent to an activating group) is 1. The molecule has 0 saturated carbocycles. The molecule has 2 N–H and O–H groups in total. The molecule has 2 atom stereocenters. The van der Waals surface area contributed by atoms with Crippen molar-refractivity contribution >= 4 is 0 Å². The number of rotatable bonds is 5. The molecule has 15 heavy (non-hydrogen) atoms. The van der Waals surface area contributed by atoms with Gasteiger partial charge in [0.2, 0.25) is 0 Å². The van der Waals surface area contributed by atoms with Crippen LogP contribution in [0.2, 0.25) is 0 Å². The highest BCUT2D eigenvalue weighted by Crippen LogP contribution is 2.12. The van der Waals surface area contributed by atoms with Crippen molar-refractivity contribution < 1.29 is 9.15 Å². The summed E-state index contributed by atoms with van der Waals surface area (Å²) >= 11 is 0. The lowest BCUT2D eigenvalue weighted by Gasteiger charge is -2.16. The van der Waals surface area contributed by atoms with Gasteiger partial charge in [-0.25, -0.2) is 0 Å². The minimum absolute atomic E-state index is 0.488. The third kappa shape index (κ3) is 2.81. The van der Waals surface area contributed by atoms with Gasteiger partial charge in [-0.3, -0.25) is 0 Å². The fourth-order valence-electron chi connectivity index (χ4n) is 1.91. The lowest BCUT2D eigenvalue weighted by molar-refractivity contribution is 0.182. The van der Waals surface area contributed by atoms with E-state index in [9.17, 15) is 0 Å². The molecule has 1 aromatic heterocycles. The average Bonchev–Trinajstić information content (AvgIpc) is 2.88. The van der Waals surface area contributed by atoms with E-state index in [1.54, 1.807) is 12.5 Å². The summed E-state index contributed by atoms with van der Waals surface area (Å²) in [4.78, 5) is 0. The maximum absolute atomic E-state index is 5.43. The van der Waals surface area contributed by atoms with Crippen molar-refractivity contribution in [3.05, 3.63) is 24.2 Å². The van der Waals surface area contributed by atoms with Crippen LogP contribution in [-0.4, -0.2) is 32.8 Å². The van der Waals surface area contributed by atoms with Gasteiger partial charge in [-0.2, -0.15) is 0 Å². The second-order valence-corrected chi connectivity index (χ2v) is 3.96. The predicted molar refractivity (Wildman–Crippen MR) is 57.6 cm³/mol. The molecule has 1 aromatic rings. The third-order valence-electron chi connectivity index (χ3n) is 2.88. The van der Waals surface area contributed by atoms with E-state index in [4.69, 9.17) is 9.15 Å². The number of furan rings is 1. The maximum Gasteiger partial charge on any atom is 0.0947 e. The summed E-state index contributed by atoms with van der Waals surface area (Å²) < 4.78 is 10.4. The van der Waals surface area contributed by atoms with Gasteiger partial charge in [0.05, 0.1) is 25.7 Å². The van der Waals surface area contributed by atoms with Gasteiger partial charge in [0.25, 0.3) is 0 Å². The van der Waals surface area contributed by atoms with Crippen LogP contribution in [-0.2, 0) is 11.3 Å². The van der Waals surface area contributed by atoms with E-state index in [2.05, 4.69) is 10.6 Å². The molecule has 1 fully saturated rings. The molecule has 0 aromatic carbocycles. The standard InChI is InChI=1S/C11H18N2O2/c1-12-11-8-15-7-10(11)5-13-4-9-2-3-14-6-9/h2-3,6,10-13H,4-5,7-8H2,1H3. The van der Waals surface area contributed by atoms with Crippen LogP contribution < -0.4 is 10.6 Å². The smallest absolute Gasteiger partial charge is 0.0947 e. The molecule has 4 nitrogen and oxygen atoms in total. The first-order valence-corrected chi connectivity index (χ1v) is 5.37. The van der Waals surface area contributed by atoms with E-state index in [0.717, 1.165) is 26.3 Å². The largest absolute Gasteiger partial charge is 0.472 e. The van der Waals surface area contributed by atoms with Gasteiger partial charge in [-0.1, -0.05) is 0 Å². The molecule has 2 heterocycles. The van der Waals surface area contributed by atoms with Crippen molar-refractivity contribution in [3.63, 3.8) is 0 Å². The van der Waals surface area contributed by atoms with Gasteiger partial charge in [0, 0.05) is 30.6 Å². The minimum Gasteiger partial charge on any atom is -0.472 e. The fourth-order valence-corrected chi connectivity index (χ4v) is 1.91. The Morgan fingerprint density at radius 3 is 3.13 bits per heavy atom. The minimum atomic E-state index is 0.488. The van der Waals surface area contributed by atoms with Crippen LogP contribution in [0.3, 0.4) is 0 Å². The van der Waals surface area contributed by atoms with Crippen LogP contribution in [0.1, 0.15) is 5.56 Å². The Hall–Kier alpha value is -0.840. The number of ether oxygens (including phenoxy) is 1. The first kappa shape index (κ1) is 10.7. The Balaban J connectivity index is 1.69. The lowest BCUT2D eigenvalue weighted by atomic mass is 10.0. The summed E-state index contributed by atoms with van der Waals surface area (Å²) in [5, 5.41) is 6.69. The molecule has 0 radical (unpaired) electrons. The average molecular weight is 210 g/mol. The van der Waals surface area contributed by atoms with Crippen LogP contribution in [0.15, 0.2) is 23.0 Å². The molecule has 0 aliphatic carbocycles. The summed E-state index contributed by atoms with van der Waals surface area (Å²) in [6, 6.07) is 2.47. The van der Waals surface area contributed by atoms with Crippen molar-refractivity contribution in [1.82, 2.24) is 10.6 Å². The molecular formula is C11H18N2O2. The highest BCUT2D eigenvalue weighted by molar-refractivity contribution is 5.04. The van der Waals surface area contributed by atoms with E-state index in [1.165, 1.54) is 5.56 Å². The van der Waals surface area contributed by atoms with E-state index in [1.807, 2.05) is 13.1 Å².